The van der Waals surface area contributed by atoms with Gasteiger partial charge >= 0.3 is 5.97 Å². The van der Waals surface area contributed by atoms with Gasteiger partial charge in [-0.15, -0.1) is 0 Å². The summed E-state index contributed by atoms with van der Waals surface area (Å²) in [5, 5.41) is 22.8. The van der Waals surface area contributed by atoms with Crippen LogP contribution in [0.15, 0.2) is 0 Å². The maximum absolute atomic E-state index is 10.6. The Bertz CT molecular complexity index is 465. The van der Waals surface area contributed by atoms with Gasteiger partial charge < -0.3 is 20.3 Å². The lowest BCUT2D eigenvalue weighted by molar-refractivity contribution is -0.137. The zero-order valence-electron chi connectivity index (χ0n) is 16.9. The number of rotatable bonds is 12. The van der Waals surface area contributed by atoms with E-state index in [1.54, 1.807) is 0 Å². The highest BCUT2D eigenvalue weighted by Gasteiger charge is 2.50. The number of carboxylic acid groups (broad SMARTS) is 1. The maximum atomic E-state index is 10.6. The molecule has 156 valence electrons. The number of unbranched alkanes of at least 4 members (excludes halogenated alkanes) is 3. The van der Waals surface area contributed by atoms with E-state index in [-0.39, 0.29) is 6.10 Å². The molecule has 3 rings (SSSR count). The largest absolute Gasteiger partial charge is 0.481 e. The fraction of sp³-hybridized carbons (Fsp3) is 0.955. The van der Waals surface area contributed by atoms with Crippen LogP contribution >= 0.6 is 0 Å². The van der Waals surface area contributed by atoms with Crippen molar-refractivity contribution in [3.63, 3.8) is 0 Å². The van der Waals surface area contributed by atoms with Crippen LogP contribution in [0.3, 0.4) is 0 Å². The Morgan fingerprint density at radius 2 is 1.78 bits per heavy atom. The summed E-state index contributed by atoms with van der Waals surface area (Å²) in [4.78, 5) is 10.6. The average Bonchev–Trinajstić information content (AvgIpc) is 3.39. The van der Waals surface area contributed by atoms with Gasteiger partial charge in [0, 0.05) is 24.9 Å². The highest BCUT2D eigenvalue weighted by atomic mass is 16.5. The van der Waals surface area contributed by atoms with Crippen molar-refractivity contribution in [1.29, 1.82) is 0 Å². The highest BCUT2D eigenvalue weighted by molar-refractivity contribution is 5.66. The number of hydrogen-bond acceptors (Lipinski definition) is 4. The van der Waals surface area contributed by atoms with Crippen molar-refractivity contribution in [2.24, 2.45) is 17.8 Å². The van der Waals surface area contributed by atoms with Gasteiger partial charge in [0.1, 0.15) is 0 Å². The summed E-state index contributed by atoms with van der Waals surface area (Å²) in [5.41, 5.74) is 0. The van der Waals surface area contributed by atoms with Crippen molar-refractivity contribution < 1.29 is 19.7 Å². The zero-order chi connectivity index (χ0) is 19.2. The zero-order valence-corrected chi connectivity index (χ0v) is 16.9. The van der Waals surface area contributed by atoms with Crippen LogP contribution in [-0.4, -0.2) is 47.1 Å². The second-order valence-corrected chi connectivity index (χ2v) is 9.19. The van der Waals surface area contributed by atoms with Crippen LogP contribution in [0.1, 0.15) is 84.0 Å². The van der Waals surface area contributed by atoms with E-state index < -0.39 is 5.97 Å². The minimum Gasteiger partial charge on any atom is -0.481 e. The van der Waals surface area contributed by atoms with Gasteiger partial charge in [-0.3, -0.25) is 4.79 Å². The molecular formula is C22H39NO4. The number of carboxylic acids is 1. The van der Waals surface area contributed by atoms with Crippen LogP contribution in [0.5, 0.6) is 0 Å². The van der Waals surface area contributed by atoms with Crippen molar-refractivity contribution in [3.8, 4) is 0 Å². The van der Waals surface area contributed by atoms with Gasteiger partial charge in [-0.1, -0.05) is 32.1 Å². The molecule has 3 fully saturated rings. The molecule has 27 heavy (non-hydrogen) atoms. The Kier molecular flexibility index (Phi) is 7.97. The molecule has 0 aromatic heterocycles. The van der Waals surface area contributed by atoms with E-state index in [2.05, 4.69) is 12.2 Å². The molecule has 0 spiro atoms. The topological polar surface area (TPSA) is 78.8 Å². The van der Waals surface area contributed by atoms with Gasteiger partial charge in [-0.2, -0.15) is 0 Å². The van der Waals surface area contributed by atoms with Gasteiger partial charge in [0.2, 0.25) is 0 Å². The van der Waals surface area contributed by atoms with E-state index in [0.29, 0.717) is 49.0 Å². The molecule has 0 amide bonds. The first kappa shape index (κ1) is 21.1. The molecule has 0 radical (unpaired) electrons. The lowest BCUT2D eigenvalue weighted by atomic mass is 9.73. The van der Waals surface area contributed by atoms with Crippen molar-refractivity contribution in [2.45, 2.75) is 108 Å². The molecule has 6 atom stereocenters. The summed E-state index contributed by atoms with van der Waals surface area (Å²) >= 11 is 0. The van der Waals surface area contributed by atoms with Crippen LogP contribution in [0.4, 0.5) is 0 Å². The smallest absolute Gasteiger partial charge is 0.303 e. The number of aliphatic hydroxyl groups excluding tert-OH is 1. The number of aliphatic carboxylic acids is 1. The van der Waals surface area contributed by atoms with Crippen LogP contribution in [0.25, 0.3) is 0 Å². The third-order valence-corrected chi connectivity index (χ3v) is 7.33. The Balaban J connectivity index is 1.40. The van der Waals surface area contributed by atoms with Crippen LogP contribution < -0.4 is 5.32 Å². The molecule has 2 aliphatic heterocycles. The second-order valence-electron chi connectivity index (χ2n) is 9.19. The molecule has 1 saturated carbocycles. The molecule has 3 N–H and O–H groups in total. The lowest BCUT2D eigenvalue weighted by Gasteiger charge is -2.34. The molecule has 1 aliphatic carbocycles. The first-order valence-corrected chi connectivity index (χ1v) is 11.3. The van der Waals surface area contributed by atoms with Crippen molar-refractivity contribution in [1.82, 2.24) is 5.32 Å². The van der Waals surface area contributed by atoms with Gasteiger partial charge in [0.25, 0.3) is 0 Å². The Labute approximate surface area is 164 Å². The SMILES string of the molecule is CC(NCC(O)C1CCCC1)C1C2CCC(O2)C1CCCCCCC(=O)O. The van der Waals surface area contributed by atoms with Gasteiger partial charge in [0.05, 0.1) is 18.3 Å². The Morgan fingerprint density at radius 3 is 2.52 bits per heavy atom. The summed E-state index contributed by atoms with van der Waals surface area (Å²) in [6, 6.07) is 0.383. The number of fused-ring (bicyclic) bond motifs is 2. The number of aliphatic hydroxyl groups is 1. The quantitative estimate of drug-likeness (QED) is 0.449. The molecule has 3 aliphatic rings. The normalized spacial score (nSPS) is 32.8. The number of hydrogen-bond donors (Lipinski definition) is 3. The number of carbonyl (C=O) groups is 1. The first-order valence-electron chi connectivity index (χ1n) is 11.3. The van der Waals surface area contributed by atoms with Gasteiger partial charge in [0.15, 0.2) is 0 Å². The molecule has 2 heterocycles. The standard InChI is InChI=1S/C22H39NO4/c1-15(23-14-18(24)16-8-6-7-9-16)22-17(19-12-13-20(22)27-19)10-4-2-3-5-11-21(25)26/h15-20,22-24H,2-14H2,1H3,(H,25,26). The summed E-state index contributed by atoms with van der Waals surface area (Å²) in [6.07, 6.45) is 13.5. The molecule has 2 bridgehead atoms. The van der Waals surface area contributed by atoms with Gasteiger partial charge in [-0.05, 0) is 57.3 Å². The van der Waals surface area contributed by atoms with Crippen molar-refractivity contribution >= 4 is 5.97 Å². The monoisotopic (exact) mass is 381 g/mol. The van der Waals surface area contributed by atoms with Crippen molar-refractivity contribution in [2.75, 3.05) is 6.54 Å². The second kappa shape index (κ2) is 10.2. The Morgan fingerprint density at radius 1 is 1.07 bits per heavy atom. The molecule has 5 nitrogen and oxygen atoms in total. The van der Waals surface area contributed by atoms with E-state index >= 15 is 0 Å². The van der Waals surface area contributed by atoms with Crippen LogP contribution in [0, 0.1) is 17.8 Å². The van der Waals surface area contributed by atoms with E-state index in [9.17, 15) is 9.90 Å². The number of ether oxygens (including phenoxy) is 1. The summed E-state index contributed by atoms with van der Waals surface area (Å²) < 4.78 is 6.25. The van der Waals surface area contributed by atoms with E-state index in [1.807, 2.05) is 0 Å². The van der Waals surface area contributed by atoms with Crippen LogP contribution in [-0.2, 0) is 9.53 Å². The first-order chi connectivity index (χ1) is 13.1. The fourth-order valence-electron chi connectivity index (χ4n) is 5.84. The predicted octanol–water partition coefficient (Wildman–Crippen LogP) is 3.73. The number of nitrogens with one attached hydrogen (secondary N) is 1. The summed E-state index contributed by atoms with van der Waals surface area (Å²) in [5.74, 6) is 0.978. The predicted molar refractivity (Wildman–Crippen MR) is 106 cm³/mol. The molecule has 2 saturated heterocycles. The Hall–Kier alpha value is -0.650. The van der Waals surface area contributed by atoms with E-state index in [0.717, 1.165) is 19.3 Å². The summed E-state index contributed by atoms with van der Waals surface area (Å²) in [7, 11) is 0. The van der Waals surface area contributed by atoms with E-state index in [1.165, 1.54) is 51.4 Å². The minimum absolute atomic E-state index is 0.206. The van der Waals surface area contributed by atoms with E-state index in [4.69, 9.17) is 9.84 Å². The molecule has 5 heteroatoms. The fourth-order valence-corrected chi connectivity index (χ4v) is 5.84. The average molecular weight is 382 g/mol. The minimum atomic E-state index is -0.684. The third-order valence-electron chi connectivity index (χ3n) is 7.33. The van der Waals surface area contributed by atoms with Crippen molar-refractivity contribution in [3.05, 3.63) is 0 Å². The van der Waals surface area contributed by atoms with Crippen LogP contribution in [0.2, 0.25) is 0 Å². The third kappa shape index (κ3) is 5.68. The molecular weight excluding hydrogens is 342 g/mol. The highest BCUT2D eigenvalue weighted by Crippen LogP contribution is 2.47. The maximum Gasteiger partial charge on any atom is 0.303 e. The molecule has 0 aromatic rings. The molecule has 0 aromatic carbocycles. The summed E-state index contributed by atoms with van der Waals surface area (Å²) in [6.45, 7) is 2.98. The lowest BCUT2D eigenvalue weighted by Crippen LogP contribution is -2.46. The molecule has 6 unspecified atom stereocenters. The van der Waals surface area contributed by atoms with Gasteiger partial charge in [-0.25, -0.2) is 0 Å².